The number of carboxylic acid groups (broad SMARTS) is 1. The summed E-state index contributed by atoms with van der Waals surface area (Å²) < 4.78 is 5.92. The summed E-state index contributed by atoms with van der Waals surface area (Å²) >= 11 is 0. The molecule has 1 fully saturated rings. The van der Waals surface area contributed by atoms with E-state index >= 15 is 0 Å². The van der Waals surface area contributed by atoms with Gasteiger partial charge in [-0.2, -0.15) is 5.06 Å². The minimum absolute atomic E-state index is 0.0449. The largest absolute Gasteiger partial charge is 0.478 e. The molecule has 1 aliphatic heterocycles. The van der Waals surface area contributed by atoms with Crippen LogP contribution in [0, 0.1) is 0 Å². The fourth-order valence-corrected chi connectivity index (χ4v) is 5.03. The molecule has 1 aliphatic rings. The Labute approximate surface area is 196 Å². The second-order valence-electron chi connectivity index (χ2n) is 9.48. The van der Waals surface area contributed by atoms with E-state index < -0.39 is 17.5 Å². The van der Waals surface area contributed by atoms with Gasteiger partial charge in [-0.1, -0.05) is 56.3 Å². The predicted octanol–water partition coefficient (Wildman–Crippen LogP) is 6.04. The molecule has 6 nitrogen and oxygen atoms in total. The van der Waals surface area contributed by atoms with Gasteiger partial charge < -0.3 is 9.84 Å². The Morgan fingerprint density at radius 3 is 2.15 bits per heavy atom. The van der Waals surface area contributed by atoms with Gasteiger partial charge in [-0.3, -0.25) is 4.84 Å². The number of rotatable bonds is 8. The monoisotopic (exact) mass is 453 g/mol. The molecule has 0 spiro atoms. The maximum absolute atomic E-state index is 13.0. The Bertz CT molecular complexity index is 967. The van der Waals surface area contributed by atoms with E-state index in [1.807, 2.05) is 18.2 Å². The van der Waals surface area contributed by atoms with Gasteiger partial charge >= 0.3 is 11.9 Å². The topological polar surface area (TPSA) is 76.1 Å². The predicted molar refractivity (Wildman–Crippen MR) is 127 cm³/mol. The zero-order valence-corrected chi connectivity index (χ0v) is 20.2. The van der Waals surface area contributed by atoms with Crippen LogP contribution in [0.25, 0.3) is 0 Å². The number of ether oxygens (including phenoxy) is 1. The molecular weight excluding hydrogens is 418 g/mol. The van der Waals surface area contributed by atoms with Gasteiger partial charge in [-0.05, 0) is 51.3 Å². The molecule has 0 aliphatic carbocycles. The zero-order chi connectivity index (χ0) is 24.2. The van der Waals surface area contributed by atoms with Crippen molar-refractivity contribution in [1.82, 2.24) is 5.06 Å². The normalized spacial score (nSPS) is 20.7. The lowest BCUT2D eigenvalue weighted by molar-refractivity contribution is -0.322. The molecule has 0 saturated carbocycles. The average molecular weight is 454 g/mol. The van der Waals surface area contributed by atoms with Gasteiger partial charge in [0.2, 0.25) is 0 Å². The Morgan fingerprint density at radius 2 is 1.58 bits per heavy atom. The molecule has 6 heteroatoms. The first-order valence-corrected chi connectivity index (χ1v) is 11.7. The van der Waals surface area contributed by atoms with Crippen molar-refractivity contribution in [2.24, 2.45) is 0 Å². The van der Waals surface area contributed by atoms with Crippen LogP contribution in [-0.4, -0.2) is 39.3 Å². The van der Waals surface area contributed by atoms with Crippen LogP contribution in [0.2, 0.25) is 0 Å². The molecule has 2 aromatic rings. The second-order valence-corrected chi connectivity index (χ2v) is 9.48. The molecule has 33 heavy (non-hydrogen) atoms. The molecule has 1 saturated heterocycles. The standard InChI is InChI=1S/C27H35NO5/c1-6-27(7-2)18-21(32-25(31)23-16-12-11-15-22(23)24(29)30)17-26(4,5)28(27)33-19(3)20-13-9-8-10-14-20/h8-16,19,21H,6-7,17-18H2,1-5H3,(H,29,30). The lowest BCUT2D eigenvalue weighted by Crippen LogP contribution is -2.64. The molecule has 0 aromatic heterocycles. The summed E-state index contributed by atoms with van der Waals surface area (Å²) in [6.07, 6.45) is 2.39. The first-order chi connectivity index (χ1) is 15.6. The van der Waals surface area contributed by atoms with Crippen LogP contribution in [0.1, 0.15) is 92.7 Å². The molecule has 0 amide bonds. The molecule has 1 heterocycles. The number of benzene rings is 2. The van der Waals surface area contributed by atoms with E-state index in [9.17, 15) is 14.7 Å². The average Bonchev–Trinajstić information content (AvgIpc) is 2.80. The van der Waals surface area contributed by atoms with Crippen LogP contribution in [0.3, 0.4) is 0 Å². The number of hydrogen-bond donors (Lipinski definition) is 1. The summed E-state index contributed by atoms with van der Waals surface area (Å²) in [5.74, 6) is -1.74. The third-order valence-electron chi connectivity index (χ3n) is 6.82. The zero-order valence-electron chi connectivity index (χ0n) is 20.2. The Morgan fingerprint density at radius 1 is 1.00 bits per heavy atom. The molecule has 2 unspecified atom stereocenters. The first kappa shape index (κ1) is 24.9. The van der Waals surface area contributed by atoms with Gasteiger partial charge in [0.15, 0.2) is 0 Å². The summed E-state index contributed by atoms with van der Waals surface area (Å²) in [6, 6.07) is 16.3. The van der Waals surface area contributed by atoms with Crippen molar-refractivity contribution >= 4 is 11.9 Å². The van der Waals surface area contributed by atoms with E-state index in [4.69, 9.17) is 9.57 Å². The number of esters is 1. The highest BCUT2D eigenvalue weighted by Gasteiger charge is 2.51. The maximum atomic E-state index is 13.0. The summed E-state index contributed by atoms with van der Waals surface area (Å²) in [7, 11) is 0. The highest BCUT2D eigenvalue weighted by Crippen LogP contribution is 2.45. The minimum Gasteiger partial charge on any atom is -0.478 e. The third kappa shape index (κ3) is 5.28. The van der Waals surface area contributed by atoms with Crippen LogP contribution in [0.4, 0.5) is 0 Å². The lowest BCUT2D eigenvalue weighted by atomic mass is 9.75. The van der Waals surface area contributed by atoms with Crippen LogP contribution in [0.5, 0.6) is 0 Å². The van der Waals surface area contributed by atoms with Crippen LogP contribution >= 0.6 is 0 Å². The molecule has 2 aromatic carbocycles. The fourth-order valence-electron chi connectivity index (χ4n) is 5.03. The van der Waals surface area contributed by atoms with E-state index in [0.29, 0.717) is 12.8 Å². The highest BCUT2D eigenvalue weighted by molar-refractivity contribution is 6.02. The van der Waals surface area contributed by atoms with Crippen LogP contribution in [-0.2, 0) is 9.57 Å². The van der Waals surface area contributed by atoms with E-state index in [0.717, 1.165) is 18.4 Å². The van der Waals surface area contributed by atoms with Gasteiger partial charge in [0.25, 0.3) is 0 Å². The van der Waals surface area contributed by atoms with Crippen molar-refractivity contribution in [3.05, 3.63) is 71.3 Å². The van der Waals surface area contributed by atoms with Crippen LogP contribution in [0.15, 0.2) is 54.6 Å². The van der Waals surface area contributed by atoms with E-state index in [1.54, 1.807) is 12.1 Å². The Balaban J connectivity index is 1.84. The fraction of sp³-hybridized carbons (Fsp3) is 0.481. The molecule has 2 atom stereocenters. The van der Waals surface area contributed by atoms with E-state index in [1.165, 1.54) is 12.1 Å². The number of hydrogen-bond acceptors (Lipinski definition) is 5. The molecule has 178 valence electrons. The van der Waals surface area contributed by atoms with Gasteiger partial charge in [0.1, 0.15) is 12.2 Å². The number of carbonyl (C=O) groups is 2. The lowest BCUT2D eigenvalue weighted by Gasteiger charge is -2.56. The first-order valence-electron chi connectivity index (χ1n) is 11.7. The van der Waals surface area contributed by atoms with Gasteiger partial charge in [-0.15, -0.1) is 0 Å². The molecule has 0 radical (unpaired) electrons. The Kier molecular flexibility index (Phi) is 7.60. The Hall–Kier alpha value is -2.70. The number of nitrogens with zero attached hydrogens (tertiary/aromatic N) is 1. The molecular formula is C27H35NO5. The van der Waals surface area contributed by atoms with Crippen molar-refractivity contribution < 1.29 is 24.3 Å². The second kappa shape index (κ2) is 10.1. The van der Waals surface area contributed by atoms with Crippen molar-refractivity contribution in [3.8, 4) is 0 Å². The molecule has 3 rings (SSSR count). The molecule has 1 N–H and O–H groups in total. The van der Waals surface area contributed by atoms with Gasteiger partial charge in [-0.25, -0.2) is 9.59 Å². The summed E-state index contributed by atoms with van der Waals surface area (Å²) in [4.78, 5) is 31.1. The highest BCUT2D eigenvalue weighted by atomic mass is 16.7. The number of piperidine rings is 1. The van der Waals surface area contributed by atoms with E-state index in [-0.39, 0.29) is 28.9 Å². The van der Waals surface area contributed by atoms with Gasteiger partial charge in [0, 0.05) is 23.9 Å². The number of carboxylic acids is 1. The van der Waals surface area contributed by atoms with Crippen molar-refractivity contribution in [1.29, 1.82) is 0 Å². The maximum Gasteiger partial charge on any atom is 0.339 e. The summed E-state index contributed by atoms with van der Waals surface area (Å²) in [5.41, 5.74) is 0.426. The SMILES string of the molecule is CCC1(CC)CC(OC(=O)c2ccccc2C(=O)O)CC(C)(C)N1OC(C)c1ccccc1. The number of carbonyl (C=O) groups excluding carboxylic acids is 1. The van der Waals surface area contributed by atoms with Crippen molar-refractivity contribution in [2.45, 2.75) is 83.6 Å². The van der Waals surface area contributed by atoms with E-state index in [2.05, 4.69) is 51.8 Å². The third-order valence-corrected chi connectivity index (χ3v) is 6.82. The minimum atomic E-state index is -1.14. The van der Waals surface area contributed by atoms with Gasteiger partial charge in [0.05, 0.1) is 11.1 Å². The summed E-state index contributed by atoms with van der Waals surface area (Å²) in [6.45, 7) is 10.5. The quantitative estimate of drug-likeness (QED) is 0.491. The number of hydroxylamine groups is 2. The summed E-state index contributed by atoms with van der Waals surface area (Å²) in [5, 5.41) is 11.6. The smallest absolute Gasteiger partial charge is 0.339 e. The van der Waals surface area contributed by atoms with Crippen molar-refractivity contribution in [2.75, 3.05) is 0 Å². The van der Waals surface area contributed by atoms with Crippen LogP contribution < -0.4 is 0 Å². The van der Waals surface area contributed by atoms with Crippen molar-refractivity contribution in [3.63, 3.8) is 0 Å². The molecule has 0 bridgehead atoms. The number of aromatic carboxylic acids is 1.